The summed E-state index contributed by atoms with van der Waals surface area (Å²) in [5, 5.41) is 0.449. The zero-order valence-electron chi connectivity index (χ0n) is 8.67. The van der Waals surface area contributed by atoms with Crippen molar-refractivity contribution >= 4 is 27.5 Å². The summed E-state index contributed by atoms with van der Waals surface area (Å²) in [6.07, 6.45) is 1.68. The number of hydrogen-bond donors (Lipinski definition) is 0. The van der Waals surface area contributed by atoms with Crippen molar-refractivity contribution in [2.24, 2.45) is 0 Å². The van der Waals surface area contributed by atoms with E-state index in [1.54, 1.807) is 6.20 Å². The third kappa shape index (κ3) is 2.24. The molecule has 78 valence electrons. The Hall–Kier alpha value is -0.190. The van der Waals surface area contributed by atoms with E-state index < -0.39 is 0 Å². The monoisotopic (exact) mass is 277 g/mol. The van der Waals surface area contributed by atoms with Gasteiger partial charge in [-0.25, -0.2) is 9.97 Å². The van der Waals surface area contributed by atoms with Gasteiger partial charge in [0.25, 0.3) is 0 Å². The molecular weight excluding hydrogens is 265 g/mol. The summed E-state index contributed by atoms with van der Waals surface area (Å²) in [7, 11) is 3.97. The van der Waals surface area contributed by atoms with E-state index >= 15 is 0 Å². The first kappa shape index (κ1) is 11.9. The normalized spacial score (nSPS) is 12.2. The van der Waals surface area contributed by atoms with Crippen LogP contribution in [0.2, 0.25) is 5.15 Å². The zero-order chi connectivity index (χ0) is 10.9. The maximum atomic E-state index is 5.91. The average molecular weight is 279 g/mol. The van der Waals surface area contributed by atoms with Crippen LogP contribution in [-0.2, 0) is 5.54 Å². The average Bonchev–Trinajstić information content (AvgIpc) is 2.09. The van der Waals surface area contributed by atoms with Crippen LogP contribution >= 0.6 is 27.5 Å². The molecule has 0 N–H and O–H groups in total. The quantitative estimate of drug-likeness (QED) is 0.779. The SMILES string of the molecule is CN(C)C(C)(C)c1ncc(Br)c(Cl)n1. The first-order valence-electron chi connectivity index (χ1n) is 4.21. The third-order valence-electron chi connectivity index (χ3n) is 2.37. The highest BCUT2D eigenvalue weighted by Gasteiger charge is 2.26. The first-order chi connectivity index (χ1) is 6.35. The first-order valence-corrected chi connectivity index (χ1v) is 5.38. The minimum atomic E-state index is -0.218. The zero-order valence-corrected chi connectivity index (χ0v) is 11.0. The molecule has 1 aromatic heterocycles. The molecule has 0 unspecified atom stereocenters. The minimum absolute atomic E-state index is 0.218. The van der Waals surface area contributed by atoms with Gasteiger partial charge in [0, 0.05) is 6.20 Å². The van der Waals surface area contributed by atoms with Crippen molar-refractivity contribution < 1.29 is 0 Å². The Morgan fingerprint density at radius 2 is 2.00 bits per heavy atom. The fourth-order valence-corrected chi connectivity index (χ4v) is 1.16. The second kappa shape index (κ2) is 4.13. The van der Waals surface area contributed by atoms with Crippen LogP contribution in [0.15, 0.2) is 10.7 Å². The molecule has 3 nitrogen and oxygen atoms in total. The van der Waals surface area contributed by atoms with Crippen LogP contribution in [-0.4, -0.2) is 29.0 Å². The molecule has 1 heterocycles. The molecule has 0 fully saturated rings. The van der Waals surface area contributed by atoms with Crippen molar-refractivity contribution in [2.75, 3.05) is 14.1 Å². The molecule has 0 saturated carbocycles. The standard InChI is InChI=1S/C9H13BrClN3/c1-9(2,14(3)4)8-12-5-6(10)7(11)13-8/h5H,1-4H3. The molecule has 0 amide bonds. The summed E-state index contributed by atoms with van der Waals surface area (Å²) in [5.41, 5.74) is -0.218. The van der Waals surface area contributed by atoms with Crippen molar-refractivity contribution in [2.45, 2.75) is 19.4 Å². The third-order valence-corrected chi connectivity index (χ3v) is 3.46. The smallest absolute Gasteiger partial charge is 0.149 e. The number of nitrogens with zero attached hydrogens (tertiary/aromatic N) is 3. The number of halogens is 2. The van der Waals surface area contributed by atoms with Crippen LogP contribution in [0, 0.1) is 0 Å². The Morgan fingerprint density at radius 1 is 1.43 bits per heavy atom. The van der Waals surface area contributed by atoms with E-state index in [1.165, 1.54) is 0 Å². The summed E-state index contributed by atoms with van der Waals surface area (Å²) in [6.45, 7) is 4.10. The Labute approximate surface area is 97.6 Å². The van der Waals surface area contributed by atoms with Gasteiger partial charge in [-0.1, -0.05) is 11.6 Å². The van der Waals surface area contributed by atoms with Gasteiger partial charge in [-0.2, -0.15) is 0 Å². The van der Waals surface area contributed by atoms with Crippen molar-refractivity contribution in [3.8, 4) is 0 Å². The van der Waals surface area contributed by atoms with Gasteiger partial charge in [0.2, 0.25) is 0 Å². The van der Waals surface area contributed by atoms with Crippen molar-refractivity contribution in [3.05, 3.63) is 21.6 Å². The maximum absolute atomic E-state index is 5.91. The molecule has 0 aliphatic carbocycles. The van der Waals surface area contributed by atoms with E-state index in [9.17, 15) is 0 Å². The minimum Gasteiger partial charge on any atom is -0.298 e. The molecule has 0 spiro atoms. The molecule has 0 aliphatic heterocycles. The van der Waals surface area contributed by atoms with E-state index in [-0.39, 0.29) is 5.54 Å². The Balaban J connectivity index is 3.14. The van der Waals surface area contributed by atoms with Crippen molar-refractivity contribution in [3.63, 3.8) is 0 Å². The van der Waals surface area contributed by atoms with Crippen molar-refractivity contribution in [1.82, 2.24) is 14.9 Å². The van der Waals surface area contributed by atoms with E-state index in [0.29, 0.717) is 5.15 Å². The highest BCUT2D eigenvalue weighted by atomic mass is 79.9. The molecule has 0 saturated heterocycles. The molecule has 14 heavy (non-hydrogen) atoms. The molecular formula is C9H13BrClN3. The Kier molecular flexibility index (Phi) is 3.50. The van der Waals surface area contributed by atoms with E-state index in [2.05, 4.69) is 25.9 Å². The molecule has 0 atom stereocenters. The fourth-order valence-electron chi connectivity index (χ4n) is 0.841. The second-order valence-corrected chi connectivity index (χ2v) is 5.00. The van der Waals surface area contributed by atoms with Gasteiger partial charge in [0.05, 0.1) is 10.0 Å². The lowest BCUT2D eigenvalue weighted by molar-refractivity contribution is 0.185. The molecule has 0 bridgehead atoms. The van der Waals surface area contributed by atoms with Gasteiger partial charge in [0.15, 0.2) is 0 Å². The number of aromatic nitrogens is 2. The van der Waals surface area contributed by atoms with Gasteiger partial charge in [-0.05, 0) is 43.9 Å². The summed E-state index contributed by atoms with van der Waals surface area (Å²) in [4.78, 5) is 10.5. The number of hydrogen-bond acceptors (Lipinski definition) is 3. The van der Waals surface area contributed by atoms with Crippen LogP contribution < -0.4 is 0 Å². The van der Waals surface area contributed by atoms with Crippen LogP contribution in [0.4, 0.5) is 0 Å². The van der Waals surface area contributed by atoms with Gasteiger partial charge in [-0.3, -0.25) is 4.90 Å². The Bertz CT molecular complexity index is 339. The summed E-state index contributed by atoms with van der Waals surface area (Å²) >= 11 is 9.17. The van der Waals surface area contributed by atoms with E-state index in [1.807, 2.05) is 32.8 Å². The summed E-state index contributed by atoms with van der Waals surface area (Å²) in [6, 6.07) is 0. The van der Waals surface area contributed by atoms with Crippen molar-refractivity contribution in [1.29, 1.82) is 0 Å². The maximum Gasteiger partial charge on any atom is 0.149 e. The molecule has 0 aliphatic rings. The highest BCUT2D eigenvalue weighted by molar-refractivity contribution is 9.10. The van der Waals surface area contributed by atoms with Crippen LogP contribution in [0.1, 0.15) is 19.7 Å². The topological polar surface area (TPSA) is 29.0 Å². The van der Waals surface area contributed by atoms with Gasteiger partial charge in [-0.15, -0.1) is 0 Å². The number of rotatable bonds is 2. The van der Waals surface area contributed by atoms with Crippen LogP contribution in [0.3, 0.4) is 0 Å². The van der Waals surface area contributed by atoms with E-state index in [0.717, 1.165) is 10.3 Å². The predicted molar refractivity (Wildman–Crippen MR) is 61.5 cm³/mol. The lowest BCUT2D eigenvalue weighted by Gasteiger charge is -2.30. The summed E-state index contributed by atoms with van der Waals surface area (Å²) < 4.78 is 0.720. The molecule has 0 aromatic carbocycles. The molecule has 5 heteroatoms. The lowest BCUT2D eigenvalue weighted by Crippen LogP contribution is -2.37. The second-order valence-electron chi connectivity index (χ2n) is 3.79. The van der Waals surface area contributed by atoms with Gasteiger partial charge < -0.3 is 0 Å². The molecule has 1 aromatic rings. The molecule has 1 rings (SSSR count). The van der Waals surface area contributed by atoms with Crippen LogP contribution in [0.5, 0.6) is 0 Å². The lowest BCUT2D eigenvalue weighted by atomic mass is 10.0. The largest absolute Gasteiger partial charge is 0.298 e. The van der Waals surface area contributed by atoms with Crippen LogP contribution in [0.25, 0.3) is 0 Å². The predicted octanol–water partition coefficient (Wildman–Crippen LogP) is 2.69. The van der Waals surface area contributed by atoms with E-state index in [4.69, 9.17) is 11.6 Å². The Morgan fingerprint density at radius 3 is 2.43 bits per heavy atom. The van der Waals surface area contributed by atoms with Gasteiger partial charge in [0.1, 0.15) is 11.0 Å². The van der Waals surface area contributed by atoms with Gasteiger partial charge >= 0.3 is 0 Å². The fraction of sp³-hybridized carbons (Fsp3) is 0.556. The highest BCUT2D eigenvalue weighted by Crippen LogP contribution is 2.25. The molecule has 0 radical (unpaired) electrons. The summed E-state index contributed by atoms with van der Waals surface area (Å²) in [5.74, 6) is 0.718.